The van der Waals surface area contributed by atoms with Gasteiger partial charge in [-0.05, 0) is 43.7 Å². The Hall–Kier alpha value is -3.55. The molecule has 8 heteroatoms. The molecule has 1 unspecified atom stereocenters. The van der Waals surface area contributed by atoms with Crippen molar-refractivity contribution in [1.82, 2.24) is 5.32 Å². The topological polar surface area (TPSA) is 134 Å². The molecule has 0 aliphatic carbocycles. The van der Waals surface area contributed by atoms with E-state index in [1.54, 1.807) is 50.2 Å². The van der Waals surface area contributed by atoms with Crippen LogP contribution in [-0.4, -0.2) is 24.5 Å². The van der Waals surface area contributed by atoms with Gasteiger partial charge < -0.3 is 26.3 Å². The van der Waals surface area contributed by atoms with E-state index in [0.29, 0.717) is 23.7 Å². The van der Waals surface area contributed by atoms with E-state index >= 15 is 0 Å². The van der Waals surface area contributed by atoms with Crippen molar-refractivity contribution in [2.24, 2.45) is 17.4 Å². The first-order valence-electron chi connectivity index (χ1n) is 9.54. The number of primary amides is 2. The zero-order valence-electron chi connectivity index (χ0n) is 17.7. The summed E-state index contributed by atoms with van der Waals surface area (Å²) in [7, 11) is 0. The van der Waals surface area contributed by atoms with E-state index in [1.807, 2.05) is 26.0 Å². The van der Waals surface area contributed by atoms with Gasteiger partial charge in [-0.15, -0.1) is 0 Å². The smallest absolute Gasteiger partial charge is 0.409 e. The number of ether oxygens (including phenoxy) is 2. The standard InChI is InChI=1S/C18H20N2O4.C4H9NO/c1-3-23-16-10-5-4-9-15(16)17(21)20-12(2)13-7-6-8-14(11-13)24-18(19)22;1-3(2)4(5)6/h4-12H,3H2,1-2H3,(H2,19,22)(H,20,21);3H,1-2H3,(H2,5,6). The average Bonchev–Trinajstić information content (AvgIpc) is 2.68. The fourth-order valence-corrected chi connectivity index (χ4v) is 2.26. The summed E-state index contributed by atoms with van der Waals surface area (Å²) in [5.74, 6) is 0.374. The van der Waals surface area contributed by atoms with E-state index in [1.165, 1.54) is 0 Å². The van der Waals surface area contributed by atoms with E-state index in [0.717, 1.165) is 5.56 Å². The lowest BCUT2D eigenvalue weighted by Crippen LogP contribution is -2.27. The predicted octanol–water partition coefficient (Wildman–Crippen LogP) is 3.16. The zero-order valence-corrected chi connectivity index (χ0v) is 17.7. The molecule has 0 saturated heterocycles. The van der Waals surface area contributed by atoms with Gasteiger partial charge in [0.1, 0.15) is 11.5 Å². The molecule has 162 valence electrons. The van der Waals surface area contributed by atoms with Gasteiger partial charge in [-0.1, -0.05) is 38.1 Å². The molecule has 0 heterocycles. The Morgan fingerprint density at radius 3 is 2.20 bits per heavy atom. The first-order valence-corrected chi connectivity index (χ1v) is 9.54. The lowest BCUT2D eigenvalue weighted by atomic mass is 10.1. The van der Waals surface area contributed by atoms with Crippen LogP contribution in [0.5, 0.6) is 11.5 Å². The van der Waals surface area contributed by atoms with E-state index in [9.17, 15) is 14.4 Å². The lowest BCUT2D eigenvalue weighted by Gasteiger charge is -2.16. The van der Waals surface area contributed by atoms with Crippen LogP contribution in [0.15, 0.2) is 48.5 Å². The number of hydrogen-bond donors (Lipinski definition) is 3. The summed E-state index contributed by atoms with van der Waals surface area (Å²) in [5.41, 5.74) is 11.1. The summed E-state index contributed by atoms with van der Waals surface area (Å²) in [4.78, 5) is 33.2. The highest BCUT2D eigenvalue weighted by Crippen LogP contribution is 2.22. The van der Waals surface area contributed by atoms with Crippen molar-refractivity contribution in [3.63, 3.8) is 0 Å². The van der Waals surface area contributed by atoms with Crippen molar-refractivity contribution >= 4 is 17.9 Å². The molecule has 3 amide bonds. The minimum absolute atomic E-state index is 0.00926. The first-order chi connectivity index (χ1) is 14.1. The number of para-hydroxylation sites is 1. The van der Waals surface area contributed by atoms with Crippen molar-refractivity contribution in [3.8, 4) is 11.5 Å². The summed E-state index contributed by atoms with van der Waals surface area (Å²) in [5, 5.41) is 2.90. The molecule has 0 aliphatic heterocycles. The number of rotatable bonds is 7. The van der Waals surface area contributed by atoms with E-state index in [2.05, 4.69) is 5.32 Å². The Balaban J connectivity index is 0.000000656. The molecular weight excluding hydrogens is 386 g/mol. The summed E-state index contributed by atoms with van der Waals surface area (Å²) in [6, 6.07) is 13.6. The Labute approximate surface area is 176 Å². The van der Waals surface area contributed by atoms with Crippen LogP contribution in [-0.2, 0) is 4.79 Å². The molecule has 30 heavy (non-hydrogen) atoms. The Kier molecular flexibility index (Phi) is 9.88. The number of amides is 3. The van der Waals surface area contributed by atoms with Gasteiger partial charge in [-0.3, -0.25) is 9.59 Å². The first kappa shape index (κ1) is 24.5. The molecule has 0 bridgehead atoms. The van der Waals surface area contributed by atoms with Gasteiger partial charge in [-0.2, -0.15) is 0 Å². The Morgan fingerprint density at radius 2 is 1.63 bits per heavy atom. The van der Waals surface area contributed by atoms with Gasteiger partial charge >= 0.3 is 6.09 Å². The molecule has 8 nitrogen and oxygen atoms in total. The monoisotopic (exact) mass is 415 g/mol. The summed E-state index contributed by atoms with van der Waals surface area (Å²) >= 11 is 0. The Bertz CT molecular complexity index is 867. The number of hydrogen-bond acceptors (Lipinski definition) is 5. The minimum atomic E-state index is -0.880. The maximum Gasteiger partial charge on any atom is 0.409 e. The van der Waals surface area contributed by atoms with Gasteiger partial charge in [0.25, 0.3) is 5.91 Å². The molecule has 0 spiro atoms. The fraction of sp³-hybridized carbons (Fsp3) is 0.318. The highest BCUT2D eigenvalue weighted by Gasteiger charge is 2.16. The molecule has 0 fully saturated rings. The largest absolute Gasteiger partial charge is 0.493 e. The number of nitrogens with one attached hydrogen (secondary N) is 1. The van der Waals surface area contributed by atoms with Crippen LogP contribution in [0.4, 0.5) is 4.79 Å². The van der Waals surface area contributed by atoms with Crippen LogP contribution in [0.1, 0.15) is 49.7 Å². The van der Waals surface area contributed by atoms with Crippen molar-refractivity contribution in [2.45, 2.75) is 33.7 Å². The molecule has 0 saturated carbocycles. The van der Waals surface area contributed by atoms with Gasteiger partial charge in [0.2, 0.25) is 5.91 Å². The molecule has 0 aliphatic rings. The lowest BCUT2D eigenvalue weighted by molar-refractivity contribution is -0.120. The third-order valence-electron chi connectivity index (χ3n) is 3.92. The normalized spacial score (nSPS) is 11.0. The molecule has 0 aromatic heterocycles. The van der Waals surface area contributed by atoms with Gasteiger partial charge in [0.05, 0.1) is 18.2 Å². The van der Waals surface area contributed by atoms with Crippen LogP contribution in [0.3, 0.4) is 0 Å². The van der Waals surface area contributed by atoms with E-state index in [-0.39, 0.29) is 23.8 Å². The van der Waals surface area contributed by atoms with Crippen LogP contribution >= 0.6 is 0 Å². The minimum Gasteiger partial charge on any atom is -0.493 e. The van der Waals surface area contributed by atoms with Crippen molar-refractivity contribution in [2.75, 3.05) is 6.61 Å². The molecule has 2 rings (SSSR count). The molecule has 2 aromatic carbocycles. The van der Waals surface area contributed by atoms with E-state index < -0.39 is 6.09 Å². The molecule has 5 N–H and O–H groups in total. The van der Waals surface area contributed by atoms with Crippen molar-refractivity contribution in [1.29, 1.82) is 0 Å². The maximum absolute atomic E-state index is 12.5. The van der Waals surface area contributed by atoms with Crippen molar-refractivity contribution < 1.29 is 23.9 Å². The van der Waals surface area contributed by atoms with Crippen LogP contribution in [0.25, 0.3) is 0 Å². The summed E-state index contributed by atoms with van der Waals surface area (Å²) in [6.07, 6.45) is -0.880. The fourth-order valence-electron chi connectivity index (χ4n) is 2.26. The third kappa shape index (κ3) is 8.22. The Morgan fingerprint density at radius 1 is 1.00 bits per heavy atom. The highest BCUT2D eigenvalue weighted by atomic mass is 16.5. The van der Waals surface area contributed by atoms with Gasteiger partial charge in [0.15, 0.2) is 0 Å². The quantitative estimate of drug-likeness (QED) is 0.639. The third-order valence-corrected chi connectivity index (χ3v) is 3.92. The SMILES string of the molecule is CC(C)C(N)=O.CCOc1ccccc1C(=O)NC(C)c1cccc(OC(N)=O)c1. The predicted molar refractivity (Wildman–Crippen MR) is 114 cm³/mol. The highest BCUT2D eigenvalue weighted by molar-refractivity contribution is 5.97. The summed E-state index contributed by atoms with van der Waals surface area (Å²) < 4.78 is 10.3. The average molecular weight is 415 g/mol. The second-order valence-electron chi connectivity index (χ2n) is 6.67. The molecular formula is C22H29N3O5. The molecule has 0 radical (unpaired) electrons. The van der Waals surface area contributed by atoms with Gasteiger partial charge in [0, 0.05) is 5.92 Å². The number of carbonyl (C=O) groups excluding carboxylic acids is 3. The maximum atomic E-state index is 12.5. The van der Waals surface area contributed by atoms with Crippen molar-refractivity contribution in [3.05, 3.63) is 59.7 Å². The van der Waals surface area contributed by atoms with Gasteiger partial charge in [-0.25, -0.2) is 4.79 Å². The number of nitrogens with two attached hydrogens (primary N) is 2. The number of benzene rings is 2. The second-order valence-corrected chi connectivity index (χ2v) is 6.67. The zero-order chi connectivity index (χ0) is 22.7. The van der Waals surface area contributed by atoms with Crippen LogP contribution < -0.4 is 26.3 Å². The van der Waals surface area contributed by atoms with E-state index in [4.69, 9.17) is 20.9 Å². The molecule has 1 atom stereocenters. The summed E-state index contributed by atoms with van der Waals surface area (Å²) in [6.45, 7) is 7.71. The number of carbonyl (C=O) groups is 3. The second kappa shape index (κ2) is 12.1. The van der Waals surface area contributed by atoms with Crippen LogP contribution in [0.2, 0.25) is 0 Å². The molecule has 2 aromatic rings. The van der Waals surface area contributed by atoms with Crippen LogP contribution in [0, 0.1) is 5.92 Å².